The van der Waals surface area contributed by atoms with Gasteiger partial charge in [-0.2, -0.15) is 0 Å². The summed E-state index contributed by atoms with van der Waals surface area (Å²) in [6.45, 7) is 2.38. The fourth-order valence-corrected chi connectivity index (χ4v) is 3.67. The van der Waals surface area contributed by atoms with Gasteiger partial charge in [0, 0.05) is 23.8 Å². The van der Waals surface area contributed by atoms with E-state index in [1.165, 1.54) is 4.31 Å². The van der Waals surface area contributed by atoms with Gasteiger partial charge in [0.15, 0.2) is 0 Å². The summed E-state index contributed by atoms with van der Waals surface area (Å²) in [5, 5.41) is 3.41. The molecule has 1 aromatic carbocycles. The summed E-state index contributed by atoms with van der Waals surface area (Å²) in [4.78, 5) is 12.2. The number of piperidine rings is 1. The molecule has 7 heteroatoms. The van der Waals surface area contributed by atoms with Crippen molar-refractivity contribution in [1.82, 2.24) is 4.31 Å². The maximum atomic E-state index is 12.2. The minimum Gasteiger partial charge on any atom is -0.326 e. The van der Waals surface area contributed by atoms with Crippen molar-refractivity contribution in [2.24, 2.45) is 5.92 Å². The summed E-state index contributed by atoms with van der Waals surface area (Å²) in [5.41, 5.74) is 0.667. The van der Waals surface area contributed by atoms with Gasteiger partial charge in [-0.1, -0.05) is 11.6 Å². The lowest BCUT2D eigenvalue weighted by Crippen LogP contribution is -2.44. The van der Waals surface area contributed by atoms with E-state index in [1.807, 2.05) is 0 Å². The molecule has 1 amide bonds. The quantitative estimate of drug-likeness (QED) is 0.921. The first-order chi connectivity index (χ1) is 9.92. The van der Waals surface area contributed by atoms with Crippen molar-refractivity contribution in [2.75, 3.05) is 24.2 Å². The first kappa shape index (κ1) is 16.3. The van der Waals surface area contributed by atoms with E-state index in [2.05, 4.69) is 5.32 Å². The van der Waals surface area contributed by atoms with Crippen LogP contribution in [0.15, 0.2) is 24.3 Å². The smallest absolute Gasteiger partial charge is 0.228 e. The molecule has 116 valence electrons. The van der Waals surface area contributed by atoms with Crippen LogP contribution in [0.1, 0.15) is 19.8 Å². The standard InChI is InChI=1S/C14H19ClN2O3S/c1-2-21(19,20)17-9-3-4-11(10-17)14(18)16-13-7-5-12(15)6-8-13/h5-8,11H,2-4,9-10H2,1H3,(H,16,18). The van der Waals surface area contributed by atoms with Crippen molar-refractivity contribution >= 4 is 33.2 Å². The molecule has 0 spiro atoms. The molecule has 0 saturated carbocycles. The zero-order valence-corrected chi connectivity index (χ0v) is 13.5. The Hall–Kier alpha value is -1.11. The average molecular weight is 331 g/mol. The Kier molecular flexibility index (Phi) is 5.24. The highest BCUT2D eigenvalue weighted by molar-refractivity contribution is 7.89. The van der Waals surface area contributed by atoms with Gasteiger partial charge in [0.2, 0.25) is 15.9 Å². The molecule has 1 fully saturated rings. The number of sulfonamides is 1. The van der Waals surface area contributed by atoms with Gasteiger partial charge >= 0.3 is 0 Å². The summed E-state index contributed by atoms with van der Waals surface area (Å²) >= 11 is 5.80. The molecule has 1 saturated heterocycles. The number of carbonyl (C=O) groups excluding carboxylic acids is 1. The predicted molar refractivity (Wildman–Crippen MR) is 83.8 cm³/mol. The molecule has 0 aromatic heterocycles. The summed E-state index contributed by atoms with van der Waals surface area (Å²) in [6.07, 6.45) is 1.41. The molecular weight excluding hydrogens is 312 g/mol. The van der Waals surface area contributed by atoms with Crippen molar-refractivity contribution in [3.63, 3.8) is 0 Å². The Morgan fingerprint density at radius 3 is 2.67 bits per heavy atom. The Morgan fingerprint density at radius 2 is 2.05 bits per heavy atom. The number of amides is 1. The third-order valence-corrected chi connectivity index (χ3v) is 5.72. The Bertz CT molecular complexity index is 601. The summed E-state index contributed by atoms with van der Waals surface area (Å²) in [7, 11) is -3.23. The van der Waals surface area contributed by atoms with Crippen molar-refractivity contribution in [3.05, 3.63) is 29.3 Å². The lowest BCUT2D eigenvalue weighted by molar-refractivity contribution is -0.120. The number of hydrogen-bond donors (Lipinski definition) is 1. The molecule has 2 rings (SSSR count). The van der Waals surface area contributed by atoms with E-state index in [0.717, 1.165) is 0 Å². The number of halogens is 1. The van der Waals surface area contributed by atoms with Crippen LogP contribution < -0.4 is 5.32 Å². The number of rotatable bonds is 4. The van der Waals surface area contributed by atoms with Gasteiger partial charge < -0.3 is 5.32 Å². The number of carbonyl (C=O) groups is 1. The van der Waals surface area contributed by atoms with Crippen LogP contribution in [-0.2, 0) is 14.8 Å². The zero-order chi connectivity index (χ0) is 15.5. The first-order valence-corrected chi connectivity index (χ1v) is 8.95. The molecule has 0 radical (unpaired) electrons. The maximum absolute atomic E-state index is 12.2. The van der Waals surface area contributed by atoms with E-state index in [9.17, 15) is 13.2 Å². The van der Waals surface area contributed by atoms with Gasteiger partial charge in [-0.05, 0) is 44.0 Å². The lowest BCUT2D eigenvalue weighted by Gasteiger charge is -2.30. The van der Waals surface area contributed by atoms with Gasteiger partial charge in [-0.3, -0.25) is 4.79 Å². The predicted octanol–water partition coefficient (Wildman–Crippen LogP) is 2.34. The summed E-state index contributed by atoms with van der Waals surface area (Å²) in [6, 6.07) is 6.85. The molecule has 1 aliphatic rings. The molecule has 1 atom stereocenters. The van der Waals surface area contributed by atoms with Crippen molar-refractivity contribution in [1.29, 1.82) is 0 Å². The molecule has 21 heavy (non-hydrogen) atoms. The van der Waals surface area contributed by atoms with Crippen LogP contribution >= 0.6 is 11.6 Å². The van der Waals surface area contributed by atoms with E-state index < -0.39 is 10.0 Å². The Balaban J connectivity index is 2.01. The fraction of sp³-hybridized carbons (Fsp3) is 0.500. The Morgan fingerprint density at radius 1 is 1.38 bits per heavy atom. The van der Waals surface area contributed by atoms with Crippen molar-refractivity contribution in [2.45, 2.75) is 19.8 Å². The van der Waals surface area contributed by atoms with Gasteiger partial charge in [0.05, 0.1) is 11.7 Å². The van der Waals surface area contributed by atoms with Crippen LogP contribution in [0.4, 0.5) is 5.69 Å². The Labute approximate surface area is 130 Å². The molecule has 1 aliphatic heterocycles. The molecule has 1 heterocycles. The summed E-state index contributed by atoms with van der Waals surface area (Å²) in [5.74, 6) is -0.387. The molecule has 1 N–H and O–H groups in total. The van der Waals surface area contributed by atoms with Crippen LogP contribution in [0.25, 0.3) is 0 Å². The van der Waals surface area contributed by atoms with Crippen molar-refractivity contribution < 1.29 is 13.2 Å². The second kappa shape index (κ2) is 6.77. The fourth-order valence-electron chi connectivity index (χ4n) is 2.37. The van der Waals surface area contributed by atoms with Gasteiger partial charge in [-0.25, -0.2) is 12.7 Å². The molecule has 5 nitrogen and oxygen atoms in total. The minimum absolute atomic E-state index is 0.0680. The lowest BCUT2D eigenvalue weighted by atomic mass is 9.99. The zero-order valence-electron chi connectivity index (χ0n) is 11.9. The molecule has 1 aromatic rings. The van der Waals surface area contributed by atoms with Gasteiger partial charge in [-0.15, -0.1) is 0 Å². The monoisotopic (exact) mass is 330 g/mol. The average Bonchev–Trinajstić information content (AvgIpc) is 2.49. The van der Waals surface area contributed by atoms with E-state index in [4.69, 9.17) is 11.6 Å². The number of nitrogens with zero attached hydrogens (tertiary/aromatic N) is 1. The topological polar surface area (TPSA) is 66.5 Å². The maximum Gasteiger partial charge on any atom is 0.228 e. The van der Waals surface area contributed by atoms with Gasteiger partial charge in [0.25, 0.3) is 0 Å². The van der Waals surface area contributed by atoms with Crippen molar-refractivity contribution in [3.8, 4) is 0 Å². The van der Waals surface area contributed by atoms with Crippen LogP contribution in [0.2, 0.25) is 5.02 Å². The van der Waals surface area contributed by atoms with E-state index >= 15 is 0 Å². The van der Waals surface area contributed by atoms with Crippen LogP contribution in [0.5, 0.6) is 0 Å². The van der Waals surface area contributed by atoms with E-state index in [1.54, 1.807) is 31.2 Å². The van der Waals surface area contributed by atoms with Crippen LogP contribution in [0, 0.1) is 5.92 Å². The third-order valence-electron chi connectivity index (χ3n) is 3.62. The highest BCUT2D eigenvalue weighted by Crippen LogP contribution is 2.21. The third kappa shape index (κ3) is 4.18. The van der Waals surface area contributed by atoms with Gasteiger partial charge in [0.1, 0.15) is 0 Å². The molecule has 0 bridgehead atoms. The van der Waals surface area contributed by atoms with Crippen LogP contribution in [-0.4, -0.2) is 37.5 Å². The second-order valence-corrected chi connectivity index (χ2v) is 7.79. The second-order valence-electron chi connectivity index (χ2n) is 5.09. The van der Waals surface area contributed by atoms with E-state index in [-0.39, 0.29) is 24.1 Å². The number of benzene rings is 1. The first-order valence-electron chi connectivity index (χ1n) is 6.96. The summed E-state index contributed by atoms with van der Waals surface area (Å²) < 4.78 is 25.2. The normalized spacial score (nSPS) is 20.2. The molecule has 1 unspecified atom stereocenters. The number of anilines is 1. The highest BCUT2D eigenvalue weighted by atomic mass is 35.5. The highest BCUT2D eigenvalue weighted by Gasteiger charge is 2.31. The largest absolute Gasteiger partial charge is 0.326 e. The number of nitrogens with one attached hydrogen (secondary N) is 1. The van der Waals surface area contributed by atoms with Crippen LogP contribution in [0.3, 0.4) is 0 Å². The minimum atomic E-state index is -3.23. The van der Waals surface area contributed by atoms with E-state index in [0.29, 0.717) is 30.1 Å². The molecule has 0 aliphatic carbocycles. The number of hydrogen-bond acceptors (Lipinski definition) is 3. The SMILES string of the molecule is CCS(=O)(=O)N1CCCC(C(=O)Nc2ccc(Cl)cc2)C1. The molecular formula is C14H19ClN2O3S.